The van der Waals surface area contributed by atoms with Crippen LogP contribution in [0, 0.1) is 5.92 Å². The minimum Gasteiger partial charge on any atom is -0.381 e. The highest BCUT2D eigenvalue weighted by Crippen LogP contribution is 2.15. The van der Waals surface area contributed by atoms with Crippen LogP contribution in [0.3, 0.4) is 0 Å². The lowest BCUT2D eigenvalue weighted by atomic mass is 10.1. The van der Waals surface area contributed by atoms with Crippen LogP contribution < -0.4 is 5.32 Å². The molecule has 0 aromatic heterocycles. The Kier molecular flexibility index (Phi) is 10.6. The van der Waals surface area contributed by atoms with E-state index in [1.54, 1.807) is 19.0 Å². The maximum Gasteiger partial charge on any atom is 0.243 e. The van der Waals surface area contributed by atoms with Crippen molar-refractivity contribution in [2.24, 2.45) is 10.9 Å². The van der Waals surface area contributed by atoms with Crippen molar-refractivity contribution in [3.63, 3.8) is 0 Å². The molecule has 0 aliphatic carbocycles. The number of ether oxygens (including phenoxy) is 1. The third-order valence-corrected chi connectivity index (χ3v) is 5.64. The van der Waals surface area contributed by atoms with Gasteiger partial charge in [-0.25, -0.2) is 4.99 Å². The monoisotopic (exact) mass is 549 g/mol. The molecule has 1 amide bonds. The van der Waals surface area contributed by atoms with E-state index in [1.807, 2.05) is 18.2 Å². The molecular weight excluding hydrogens is 517 g/mol. The number of rotatable bonds is 6. The second-order valence-electron chi connectivity index (χ2n) is 7.93. The second kappa shape index (κ2) is 12.7. The lowest BCUT2D eigenvalue weighted by Crippen LogP contribution is -2.53. The van der Waals surface area contributed by atoms with Crippen LogP contribution in [0.4, 0.5) is 0 Å². The molecule has 30 heavy (non-hydrogen) atoms. The predicted molar refractivity (Wildman–Crippen MR) is 132 cm³/mol. The number of benzene rings is 1. The molecule has 0 radical (unpaired) electrons. The van der Waals surface area contributed by atoms with Gasteiger partial charge in [-0.3, -0.25) is 9.69 Å². The smallest absolute Gasteiger partial charge is 0.243 e. The Balaban J connectivity index is 0.00000320. The number of aliphatic imine (C=N–C) groups is 1. The molecule has 2 fully saturated rings. The Morgan fingerprint density at radius 3 is 2.70 bits per heavy atom. The maximum atomic E-state index is 12.0. The zero-order valence-electron chi connectivity index (χ0n) is 17.8. The molecule has 2 aliphatic heterocycles. The zero-order valence-corrected chi connectivity index (χ0v) is 20.9. The van der Waals surface area contributed by atoms with Gasteiger partial charge in [0.2, 0.25) is 5.91 Å². The van der Waals surface area contributed by atoms with E-state index in [0.29, 0.717) is 5.92 Å². The first-order valence-electron chi connectivity index (χ1n) is 10.3. The van der Waals surface area contributed by atoms with Crippen LogP contribution in [-0.4, -0.2) is 93.1 Å². The number of halogens is 2. The standard InChI is InChI=1S/C21H32ClN5O2.HI/c1-25(2)20(28)14-24-21(23-13-18-6-11-29-16-18)27-9-7-26(8-10-27)15-17-4-3-5-19(22)12-17;/h3-5,12,18H,6-11,13-16H2,1-2H3,(H,23,24);1H. The number of likely N-dealkylation sites (N-methyl/N-ethyl adjacent to an activating group) is 1. The molecule has 1 unspecified atom stereocenters. The normalized spacial score (nSPS) is 20.0. The molecule has 168 valence electrons. The van der Waals surface area contributed by atoms with Crippen LogP contribution in [0.5, 0.6) is 0 Å². The molecular formula is C21H33ClIN5O2. The summed E-state index contributed by atoms with van der Waals surface area (Å²) in [5.41, 5.74) is 1.23. The number of nitrogens with zero attached hydrogens (tertiary/aromatic N) is 4. The Bertz CT molecular complexity index is 704. The summed E-state index contributed by atoms with van der Waals surface area (Å²) >= 11 is 6.11. The van der Waals surface area contributed by atoms with E-state index in [-0.39, 0.29) is 36.4 Å². The SMILES string of the molecule is CN(C)C(=O)CN=C(NCC1CCOC1)N1CCN(Cc2cccc(Cl)c2)CC1.I. The summed E-state index contributed by atoms with van der Waals surface area (Å²) in [5, 5.41) is 4.27. The van der Waals surface area contributed by atoms with E-state index in [1.165, 1.54) is 5.56 Å². The molecule has 2 saturated heterocycles. The minimum atomic E-state index is 0. The van der Waals surface area contributed by atoms with E-state index in [2.05, 4.69) is 26.2 Å². The Morgan fingerprint density at radius 1 is 1.30 bits per heavy atom. The van der Waals surface area contributed by atoms with E-state index in [9.17, 15) is 4.79 Å². The summed E-state index contributed by atoms with van der Waals surface area (Å²) in [6.07, 6.45) is 1.07. The van der Waals surface area contributed by atoms with Crippen molar-refractivity contribution >= 4 is 47.4 Å². The highest BCUT2D eigenvalue weighted by atomic mass is 127. The quantitative estimate of drug-likeness (QED) is 0.335. The number of nitrogens with one attached hydrogen (secondary N) is 1. The third kappa shape index (κ3) is 7.86. The summed E-state index contributed by atoms with van der Waals surface area (Å²) in [6, 6.07) is 8.04. The molecule has 2 aliphatic rings. The van der Waals surface area contributed by atoms with Crippen molar-refractivity contribution in [3.05, 3.63) is 34.9 Å². The second-order valence-corrected chi connectivity index (χ2v) is 8.37. The van der Waals surface area contributed by atoms with Crippen molar-refractivity contribution < 1.29 is 9.53 Å². The molecule has 1 atom stereocenters. The summed E-state index contributed by atoms with van der Waals surface area (Å²) < 4.78 is 5.47. The number of guanidine groups is 1. The van der Waals surface area contributed by atoms with E-state index in [4.69, 9.17) is 16.3 Å². The highest BCUT2D eigenvalue weighted by molar-refractivity contribution is 14.0. The Labute approximate surface area is 201 Å². The Morgan fingerprint density at radius 2 is 2.07 bits per heavy atom. The fourth-order valence-electron chi connectivity index (χ4n) is 3.54. The zero-order chi connectivity index (χ0) is 20.6. The fourth-order valence-corrected chi connectivity index (χ4v) is 3.76. The number of piperazine rings is 1. The van der Waals surface area contributed by atoms with Gasteiger partial charge in [0.25, 0.3) is 0 Å². The van der Waals surface area contributed by atoms with Crippen LogP contribution in [-0.2, 0) is 16.1 Å². The summed E-state index contributed by atoms with van der Waals surface area (Å²) in [7, 11) is 3.52. The first-order valence-corrected chi connectivity index (χ1v) is 10.7. The summed E-state index contributed by atoms with van der Waals surface area (Å²) in [4.78, 5) is 22.9. The molecule has 0 saturated carbocycles. The summed E-state index contributed by atoms with van der Waals surface area (Å²) in [6.45, 7) is 7.17. The van der Waals surface area contributed by atoms with E-state index >= 15 is 0 Å². The van der Waals surface area contributed by atoms with Crippen molar-refractivity contribution in [2.45, 2.75) is 13.0 Å². The first-order chi connectivity index (χ1) is 14.0. The number of carbonyl (C=O) groups excluding carboxylic acids is 1. The number of amides is 1. The van der Waals surface area contributed by atoms with Crippen LogP contribution in [0.15, 0.2) is 29.3 Å². The van der Waals surface area contributed by atoms with Gasteiger partial charge in [-0.05, 0) is 24.1 Å². The average Bonchev–Trinajstić information content (AvgIpc) is 3.22. The van der Waals surface area contributed by atoms with Crippen molar-refractivity contribution in [2.75, 3.05) is 66.6 Å². The molecule has 1 aromatic rings. The van der Waals surface area contributed by atoms with Crippen molar-refractivity contribution in [1.82, 2.24) is 20.0 Å². The fraction of sp³-hybridized carbons (Fsp3) is 0.619. The van der Waals surface area contributed by atoms with E-state index < -0.39 is 0 Å². The van der Waals surface area contributed by atoms with E-state index in [0.717, 1.165) is 69.9 Å². The van der Waals surface area contributed by atoms with Gasteiger partial charge in [0, 0.05) is 70.9 Å². The van der Waals surface area contributed by atoms with Gasteiger partial charge in [-0.2, -0.15) is 0 Å². The van der Waals surface area contributed by atoms with Crippen LogP contribution in [0.2, 0.25) is 5.02 Å². The van der Waals surface area contributed by atoms with Gasteiger partial charge in [0.05, 0.1) is 6.61 Å². The molecule has 1 N–H and O–H groups in total. The van der Waals surface area contributed by atoms with Gasteiger partial charge in [0.1, 0.15) is 6.54 Å². The lowest BCUT2D eigenvalue weighted by molar-refractivity contribution is -0.127. The third-order valence-electron chi connectivity index (χ3n) is 5.40. The van der Waals surface area contributed by atoms with Crippen molar-refractivity contribution in [3.8, 4) is 0 Å². The first kappa shape index (κ1) is 25.2. The minimum absolute atomic E-state index is 0. The van der Waals surface area contributed by atoms with Gasteiger partial charge in [-0.15, -0.1) is 24.0 Å². The molecule has 7 nitrogen and oxygen atoms in total. The number of hydrogen-bond acceptors (Lipinski definition) is 4. The molecule has 0 bridgehead atoms. The number of carbonyl (C=O) groups is 1. The number of hydrogen-bond donors (Lipinski definition) is 1. The molecule has 9 heteroatoms. The topological polar surface area (TPSA) is 60.4 Å². The maximum absolute atomic E-state index is 12.0. The molecule has 2 heterocycles. The molecule has 0 spiro atoms. The molecule has 3 rings (SSSR count). The highest BCUT2D eigenvalue weighted by Gasteiger charge is 2.22. The van der Waals surface area contributed by atoms with Crippen LogP contribution >= 0.6 is 35.6 Å². The lowest BCUT2D eigenvalue weighted by Gasteiger charge is -2.37. The van der Waals surface area contributed by atoms with Gasteiger partial charge < -0.3 is 19.9 Å². The van der Waals surface area contributed by atoms with Gasteiger partial charge in [0.15, 0.2) is 5.96 Å². The van der Waals surface area contributed by atoms with Gasteiger partial charge in [-0.1, -0.05) is 23.7 Å². The average molecular weight is 550 g/mol. The molecule has 1 aromatic carbocycles. The largest absolute Gasteiger partial charge is 0.381 e. The summed E-state index contributed by atoms with van der Waals surface area (Å²) in [5.74, 6) is 1.34. The van der Waals surface area contributed by atoms with Crippen molar-refractivity contribution in [1.29, 1.82) is 0 Å². The van der Waals surface area contributed by atoms with Crippen LogP contribution in [0.25, 0.3) is 0 Å². The Hall–Kier alpha value is -1.10. The van der Waals surface area contributed by atoms with Crippen LogP contribution in [0.1, 0.15) is 12.0 Å². The van der Waals surface area contributed by atoms with Gasteiger partial charge >= 0.3 is 0 Å². The predicted octanol–water partition coefficient (Wildman–Crippen LogP) is 2.15.